The Morgan fingerprint density at radius 2 is 0.901 bits per heavy atom. The predicted molar refractivity (Wildman–Crippen MR) is 379 cm³/mol. The molecule has 14 heterocycles. The fraction of sp³-hybridized carbons (Fsp3) is 0.594. The molecule has 0 amide bonds. The summed E-state index contributed by atoms with van der Waals surface area (Å²) in [5.74, 6) is -2.72. The van der Waals surface area contributed by atoms with Crippen LogP contribution in [0.1, 0.15) is 91.9 Å². The number of rotatable bonds is 21. The Bertz CT molecular complexity index is 4760. The van der Waals surface area contributed by atoms with E-state index in [4.69, 9.17) is 82.1 Å². The van der Waals surface area contributed by atoms with Crippen LogP contribution >= 0.6 is 0 Å². The lowest BCUT2D eigenvalue weighted by Gasteiger charge is -2.23. The first kappa shape index (κ1) is 83.0. The minimum Gasteiger partial charge on any atom is -0.476 e. The number of fused-ring (bicyclic) bond motifs is 4. The number of aliphatic hydroxyl groups is 6. The molecule has 5 saturated heterocycles. The van der Waals surface area contributed by atoms with Gasteiger partial charge in [0, 0.05) is 37.9 Å². The van der Waals surface area contributed by atoms with E-state index in [-0.39, 0.29) is 78.7 Å². The Kier molecular flexibility index (Phi) is 27.3. The average Bonchev–Trinajstić information content (AvgIpc) is 1.63. The van der Waals surface area contributed by atoms with Gasteiger partial charge in [0.05, 0.1) is 134 Å². The van der Waals surface area contributed by atoms with Crippen LogP contribution in [0.5, 0.6) is 11.8 Å². The van der Waals surface area contributed by atoms with E-state index >= 15 is 0 Å². The standard InChI is InChI=1S/C15H20FN5O5.C14H20N6O4.C13H18FN5O4.C12H18N6O2.C10H12F2N2O4/c1-3-24-13-10-12(19-15(17)20-13)21(6-18-10)14-11(25-7(2)23)8(4-16)9(5-22)26-14;1-3-7-8(4-21)24-13(10(7)23-6(2)22)20-5-17-9-11(15)18-14(16)19-12(9)20;1-2-22-11-8-10(17-13(15)18-11)19(5-16-8)12-9(21)6(3-14)7(4-20)23-12;1-2-6-3-8(20-7(6)4-19)18-5-15-9-10(13)16-12(14)17-11(9)18;11-3-5-6(4-15)18-9(8(5)12)14-2-1-7(16)13-10(14)17/h6,8-9,11,14,22H,3-5H2,1-2H3,(H2,17,19,20);5,7-8,10,13,21H,3-4H2,1-2H3,(H4,15,16,18,19);5-7,9,12,20-21H,2-4H2,1H3,(H2,15,17,18);5-8,19H,2-4H2,1H3,(H4,13,14,16,17);1-2,5-6,8-9,15H,3-4H2,(H,13,16,17)/t8-,9-,11-,14-;7-,8-,10-,13-;6-,7-,9-,12-;6-,7+,8+;5-,6-,8-,9-/m11101/s1. The van der Waals surface area contributed by atoms with Crippen molar-refractivity contribution in [2.45, 2.75) is 147 Å². The molecule has 0 radical (unpaired) electrons. The molecule has 0 saturated carbocycles. The smallest absolute Gasteiger partial charge is 0.330 e. The maximum Gasteiger partial charge on any atom is 0.330 e. The number of imidazole rings is 4. The van der Waals surface area contributed by atoms with E-state index in [2.05, 4.69) is 66.7 Å². The summed E-state index contributed by atoms with van der Waals surface area (Å²) < 4.78 is 110. The first-order valence-electron chi connectivity index (χ1n) is 35.0. The molecular weight excluding hydrogens is 1480 g/mol. The summed E-state index contributed by atoms with van der Waals surface area (Å²) >= 11 is 0. The molecule has 5 fully saturated rings. The van der Waals surface area contributed by atoms with Crippen molar-refractivity contribution >= 4 is 92.0 Å². The summed E-state index contributed by atoms with van der Waals surface area (Å²) in [6.45, 7) is 6.74. The van der Waals surface area contributed by atoms with E-state index in [1.165, 1.54) is 42.0 Å². The fourth-order valence-corrected chi connectivity index (χ4v) is 13.6. The minimum atomic E-state index is -1.77. The summed E-state index contributed by atoms with van der Waals surface area (Å²) in [6.07, 6.45) is -2.40. The third-order valence-corrected chi connectivity index (χ3v) is 18.9. The number of aromatic amines is 1. The van der Waals surface area contributed by atoms with Gasteiger partial charge in [0.2, 0.25) is 35.6 Å². The molecule has 111 heavy (non-hydrogen) atoms. The summed E-state index contributed by atoms with van der Waals surface area (Å²) in [5.41, 5.74) is 36.0. The predicted octanol–water partition coefficient (Wildman–Crippen LogP) is -0.657. The summed E-state index contributed by atoms with van der Waals surface area (Å²) in [7, 11) is 0. The number of nitrogens with zero attached hydrogens (tertiary/aromatic N) is 17. The number of carbonyl (C=O) groups is 2. The molecule has 0 spiro atoms. The number of ether oxygens (including phenoxy) is 9. The van der Waals surface area contributed by atoms with Gasteiger partial charge in [-0.05, 0) is 32.6 Å². The zero-order chi connectivity index (χ0) is 80.4. The molecule has 606 valence electrons. The fourth-order valence-electron chi connectivity index (χ4n) is 13.6. The van der Waals surface area contributed by atoms with Gasteiger partial charge in [0.15, 0.2) is 88.5 Å². The van der Waals surface area contributed by atoms with Crippen molar-refractivity contribution in [1.82, 2.24) is 87.6 Å². The average molecular weight is 1570 g/mol. The number of anilines is 6. The van der Waals surface area contributed by atoms with Gasteiger partial charge in [-0.15, -0.1) is 0 Å². The van der Waals surface area contributed by atoms with Gasteiger partial charge < -0.3 is 108 Å². The SMILES string of the molecule is CCOc1nc(N)nc2c1ncn2[C@@H]1O[C@H](CO)[C@@H](CF)[C@H]1O.CCOc1nc(N)nc2c1ncn2[C@@H]1O[C@H](CO)[C@@H](CF)[C@H]1OC(C)=O.CC[C@H]1C[C@H](n2cnc3c(N)nc(N)nc32)O[C@@H]1CO.CC[C@H]1[C@@H](OC(C)=O)[C@H](n2cnc3c(N)nc(N)nc32)O[C@@H]1CO.O=c1ccn([C@@H]2O[C@H](CO)[C@@H](CF)[C@H]2F)c(=O)[nH]1. The van der Waals surface area contributed by atoms with Crippen molar-refractivity contribution in [3.8, 4) is 11.8 Å². The van der Waals surface area contributed by atoms with Gasteiger partial charge in [-0.2, -0.15) is 39.9 Å². The number of hydrogen-bond acceptors (Lipinski definition) is 37. The van der Waals surface area contributed by atoms with Crippen LogP contribution in [0, 0.1) is 29.6 Å². The van der Waals surface area contributed by atoms with E-state index in [9.17, 15) is 62.3 Å². The van der Waals surface area contributed by atoms with Crippen molar-refractivity contribution in [3.05, 3.63) is 58.4 Å². The van der Waals surface area contributed by atoms with Crippen LogP contribution in [0.3, 0.4) is 0 Å². The lowest BCUT2D eigenvalue weighted by molar-refractivity contribution is -0.154. The first-order chi connectivity index (χ1) is 53.3. The molecule has 0 aromatic carbocycles. The Morgan fingerprint density at radius 1 is 0.505 bits per heavy atom. The third kappa shape index (κ3) is 17.5. The normalized spacial score (nSPS) is 27.4. The van der Waals surface area contributed by atoms with E-state index in [1.54, 1.807) is 24.7 Å². The first-order valence-corrected chi connectivity index (χ1v) is 35.0. The van der Waals surface area contributed by atoms with Gasteiger partial charge in [-0.25, -0.2) is 29.1 Å². The largest absolute Gasteiger partial charge is 0.476 e. The maximum absolute atomic E-state index is 13.9. The van der Waals surface area contributed by atoms with Crippen LogP contribution in [0.15, 0.2) is 47.2 Å². The van der Waals surface area contributed by atoms with Gasteiger partial charge in [0.25, 0.3) is 5.56 Å². The van der Waals surface area contributed by atoms with Crippen LogP contribution in [0.4, 0.5) is 53.0 Å². The number of nitrogens with two attached hydrogens (primary N) is 6. The number of alkyl halides is 4. The Morgan fingerprint density at radius 3 is 1.32 bits per heavy atom. The van der Waals surface area contributed by atoms with Crippen LogP contribution in [-0.2, 0) is 42.7 Å². The molecule has 19 atom stereocenters. The highest BCUT2D eigenvalue weighted by Crippen LogP contribution is 2.43. The van der Waals surface area contributed by atoms with Crippen molar-refractivity contribution in [2.75, 3.05) is 101 Å². The number of aromatic nitrogens is 18. The van der Waals surface area contributed by atoms with Crippen molar-refractivity contribution in [2.24, 2.45) is 29.6 Å². The molecule has 0 unspecified atom stereocenters. The van der Waals surface area contributed by atoms with Gasteiger partial charge in [-0.3, -0.25) is 55.4 Å². The molecule has 0 aliphatic carbocycles. The number of nitrogen functional groups attached to an aromatic ring is 6. The molecule has 9 aromatic rings. The summed E-state index contributed by atoms with van der Waals surface area (Å²) in [4.78, 5) is 96.4. The molecule has 14 rings (SSSR count). The molecule has 19 N–H and O–H groups in total. The Labute approximate surface area is 625 Å². The molecule has 0 bridgehead atoms. The van der Waals surface area contributed by atoms with Crippen molar-refractivity contribution in [3.63, 3.8) is 0 Å². The molecule has 9 aromatic heterocycles. The summed E-state index contributed by atoms with van der Waals surface area (Å²) in [5, 5.41) is 57.0. The molecule has 43 nitrogen and oxygen atoms in total. The van der Waals surface area contributed by atoms with Crippen LogP contribution in [0.25, 0.3) is 44.7 Å². The van der Waals surface area contributed by atoms with E-state index < -0.39 is 155 Å². The lowest BCUT2D eigenvalue weighted by atomic mass is 9.95. The zero-order valence-electron chi connectivity index (χ0n) is 60.7. The van der Waals surface area contributed by atoms with E-state index in [0.717, 1.165) is 29.7 Å². The monoisotopic (exact) mass is 1570 g/mol. The van der Waals surface area contributed by atoms with E-state index in [1.807, 2.05) is 16.5 Å². The number of halogens is 4. The maximum atomic E-state index is 13.9. The zero-order valence-corrected chi connectivity index (χ0v) is 60.7. The second kappa shape index (κ2) is 36.6. The topological polar surface area (TPSA) is 624 Å². The van der Waals surface area contributed by atoms with E-state index in [0.29, 0.717) is 70.2 Å². The third-order valence-electron chi connectivity index (χ3n) is 18.9. The second-order valence-corrected chi connectivity index (χ2v) is 25.7. The van der Waals surface area contributed by atoms with Crippen molar-refractivity contribution in [1.29, 1.82) is 0 Å². The van der Waals surface area contributed by atoms with Crippen LogP contribution < -0.4 is 55.1 Å². The van der Waals surface area contributed by atoms with Gasteiger partial charge in [-0.1, -0.05) is 20.3 Å². The second-order valence-electron chi connectivity index (χ2n) is 25.7. The Hall–Kier alpha value is -10.5. The highest BCUT2D eigenvalue weighted by atomic mass is 19.1. The number of carbonyl (C=O) groups excluding carboxylic acids is 2. The molecule has 47 heteroatoms. The van der Waals surface area contributed by atoms with Gasteiger partial charge in [0.1, 0.15) is 23.4 Å². The quantitative estimate of drug-likeness (QED) is 0.0314. The van der Waals surface area contributed by atoms with Crippen LogP contribution in [-0.4, -0.2) is 251 Å². The number of H-pyrrole nitrogens is 1. The number of hydrogen-bond donors (Lipinski definition) is 13. The number of esters is 2. The molecular formula is C64H88F4N24O19. The number of nitrogens with one attached hydrogen (secondary N) is 1. The highest BCUT2D eigenvalue weighted by molar-refractivity contribution is 5.84. The summed E-state index contributed by atoms with van der Waals surface area (Å²) in [6, 6.07) is 1.04. The van der Waals surface area contributed by atoms with Crippen LogP contribution in [0.2, 0.25) is 0 Å². The van der Waals surface area contributed by atoms with Crippen molar-refractivity contribution < 1.29 is 100 Å². The highest BCUT2D eigenvalue weighted by Gasteiger charge is 2.51. The molecule has 5 aliphatic heterocycles. The molecule has 5 aliphatic rings. The Balaban J connectivity index is 0.000000148. The lowest BCUT2D eigenvalue weighted by Crippen LogP contribution is -2.34. The van der Waals surface area contributed by atoms with Gasteiger partial charge >= 0.3 is 17.6 Å². The number of aliphatic hydroxyl groups excluding tert-OH is 6. The minimum absolute atomic E-state index is 0.00883.